The first-order valence-electron chi connectivity index (χ1n) is 11.1. The Morgan fingerprint density at radius 2 is 1.55 bits per heavy atom. The summed E-state index contributed by atoms with van der Waals surface area (Å²) in [7, 11) is 1.72. The maximum Gasteiger partial charge on any atom is 0.120 e. The van der Waals surface area contributed by atoms with Crippen LogP contribution in [0.4, 0.5) is 5.69 Å². The summed E-state index contributed by atoms with van der Waals surface area (Å²) < 4.78 is 5.45. The number of H-pyrrole nitrogens is 1. The second-order valence-electron chi connectivity index (χ2n) is 8.17. The zero-order valence-electron chi connectivity index (χ0n) is 18.1. The molecule has 1 aromatic heterocycles. The number of aromatic nitrogens is 1. The summed E-state index contributed by atoms with van der Waals surface area (Å²) in [4.78, 5) is 8.75. The van der Waals surface area contributed by atoms with Crippen LogP contribution in [0.15, 0.2) is 78.9 Å². The van der Waals surface area contributed by atoms with Crippen molar-refractivity contribution in [3.8, 4) is 17.0 Å². The molecular formula is C27H29N3O. The van der Waals surface area contributed by atoms with Gasteiger partial charge >= 0.3 is 0 Å². The molecule has 158 valence electrons. The van der Waals surface area contributed by atoms with Crippen molar-refractivity contribution < 1.29 is 4.74 Å². The van der Waals surface area contributed by atoms with Gasteiger partial charge in [-0.05, 0) is 41.8 Å². The quantitative estimate of drug-likeness (QED) is 0.473. The second kappa shape index (κ2) is 8.86. The average molecular weight is 412 g/mol. The molecule has 0 bridgehead atoms. The summed E-state index contributed by atoms with van der Waals surface area (Å²) in [5, 5.41) is 1.29. The summed E-state index contributed by atoms with van der Waals surface area (Å²) >= 11 is 0. The Morgan fingerprint density at radius 1 is 0.839 bits per heavy atom. The number of aromatic amines is 1. The zero-order valence-corrected chi connectivity index (χ0v) is 18.1. The smallest absolute Gasteiger partial charge is 0.120 e. The van der Waals surface area contributed by atoms with Crippen LogP contribution in [0, 0.1) is 0 Å². The molecule has 0 aliphatic carbocycles. The van der Waals surface area contributed by atoms with Crippen LogP contribution in [0.25, 0.3) is 22.2 Å². The van der Waals surface area contributed by atoms with Gasteiger partial charge < -0.3 is 14.6 Å². The van der Waals surface area contributed by atoms with Gasteiger partial charge in [-0.3, -0.25) is 4.90 Å². The van der Waals surface area contributed by atoms with E-state index >= 15 is 0 Å². The number of nitrogens with one attached hydrogen (secondary N) is 1. The number of anilines is 1. The average Bonchev–Trinajstić information content (AvgIpc) is 3.22. The van der Waals surface area contributed by atoms with Gasteiger partial charge in [0.25, 0.3) is 0 Å². The summed E-state index contributed by atoms with van der Waals surface area (Å²) in [6.07, 6.45) is 1.03. The minimum atomic E-state index is 0.886. The molecule has 1 aliphatic rings. The first kappa shape index (κ1) is 19.7. The van der Waals surface area contributed by atoms with Crippen molar-refractivity contribution in [1.29, 1.82) is 0 Å². The zero-order chi connectivity index (χ0) is 21.0. The molecule has 0 amide bonds. The number of nitrogens with zero attached hydrogens (tertiary/aromatic N) is 2. The van der Waals surface area contributed by atoms with Gasteiger partial charge in [0.05, 0.1) is 7.11 Å². The predicted octanol–water partition coefficient (Wildman–Crippen LogP) is 5.21. The molecular weight excluding hydrogens is 382 g/mol. The molecule has 2 heterocycles. The van der Waals surface area contributed by atoms with Gasteiger partial charge in [-0.1, -0.05) is 48.5 Å². The summed E-state index contributed by atoms with van der Waals surface area (Å²) in [5.74, 6) is 0.886. The molecule has 0 spiro atoms. The molecule has 3 aromatic carbocycles. The van der Waals surface area contributed by atoms with Crippen molar-refractivity contribution in [3.63, 3.8) is 0 Å². The number of ether oxygens (including phenoxy) is 1. The SMILES string of the molecule is COc1ccc2c(CCN3CCN(c4ccccc4)CC3)c(-c3ccccc3)[nH]c2c1. The number of rotatable bonds is 6. The molecule has 1 fully saturated rings. The molecule has 5 rings (SSSR count). The van der Waals surface area contributed by atoms with Crippen LogP contribution in [0.3, 0.4) is 0 Å². The fourth-order valence-electron chi connectivity index (χ4n) is 4.61. The molecule has 4 aromatic rings. The Kier molecular flexibility index (Phi) is 5.63. The topological polar surface area (TPSA) is 31.5 Å². The molecule has 4 heteroatoms. The summed E-state index contributed by atoms with van der Waals surface area (Å²) in [6, 6.07) is 27.8. The maximum atomic E-state index is 5.45. The Hall–Kier alpha value is -3.24. The van der Waals surface area contributed by atoms with Crippen LogP contribution in [0.5, 0.6) is 5.75 Å². The van der Waals surface area contributed by atoms with Crippen molar-refractivity contribution in [1.82, 2.24) is 9.88 Å². The van der Waals surface area contributed by atoms with E-state index in [1.165, 1.54) is 27.9 Å². The highest BCUT2D eigenvalue weighted by molar-refractivity contribution is 5.91. The third kappa shape index (κ3) is 4.17. The Labute approximate surface area is 184 Å². The molecule has 0 atom stereocenters. The number of para-hydroxylation sites is 1. The number of hydrogen-bond donors (Lipinski definition) is 1. The van der Waals surface area contributed by atoms with Crippen LogP contribution in [0.1, 0.15) is 5.56 Å². The lowest BCUT2D eigenvalue weighted by Gasteiger charge is -2.36. The third-order valence-corrected chi connectivity index (χ3v) is 6.35. The van der Waals surface area contributed by atoms with E-state index in [-0.39, 0.29) is 0 Å². The largest absolute Gasteiger partial charge is 0.497 e. The molecule has 1 aliphatic heterocycles. The molecule has 0 unspecified atom stereocenters. The first-order chi connectivity index (χ1) is 15.3. The van der Waals surface area contributed by atoms with Gasteiger partial charge in [0.1, 0.15) is 5.75 Å². The van der Waals surface area contributed by atoms with E-state index < -0.39 is 0 Å². The van der Waals surface area contributed by atoms with Gasteiger partial charge in [0, 0.05) is 61.1 Å². The number of fused-ring (bicyclic) bond motifs is 1. The fraction of sp³-hybridized carbons (Fsp3) is 0.259. The maximum absolute atomic E-state index is 5.45. The lowest BCUT2D eigenvalue weighted by molar-refractivity contribution is 0.261. The van der Waals surface area contributed by atoms with Gasteiger partial charge in [-0.15, -0.1) is 0 Å². The second-order valence-corrected chi connectivity index (χ2v) is 8.17. The summed E-state index contributed by atoms with van der Waals surface area (Å²) in [6.45, 7) is 5.44. The molecule has 0 radical (unpaired) electrons. The highest BCUT2D eigenvalue weighted by Gasteiger charge is 2.19. The first-order valence-corrected chi connectivity index (χ1v) is 11.1. The highest BCUT2D eigenvalue weighted by Crippen LogP contribution is 2.33. The normalized spacial score (nSPS) is 14.8. The predicted molar refractivity (Wildman–Crippen MR) is 129 cm³/mol. The van der Waals surface area contributed by atoms with Crippen LogP contribution < -0.4 is 9.64 Å². The molecule has 31 heavy (non-hydrogen) atoms. The van der Waals surface area contributed by atoms with E-state index in [0.717, 1.165) is 50.4 Å². The van der Waals surface area contributed by atoms with E-state index in [1.54, 1.807) is 7.11 Å². The summed E-state index contributed by atoms with van der Waals surface area (Å²) in [5.41, 5.74) is 6.34. The van der Waals surface area contributed by atoms with E-state index in [1.807, 2.05) is 0 Å². The van der Waals surface area contributed by atoms with Gasteiger partial charge in [0.15, 0.2) is 0 Å². The molecule has 1 N–H and O–H groups in total. The lowest BCUT2D eigenvalue weighted by Crippen LogP contribution is -2.47. The van der Waals surface area contributed by atoms with E-state index in [4.69, 9.17) is 4.74 Å². The minimum absolute atomic E-state index is 0.886. The Morgan fingerprint density at radius 3 is 2.26 bits per heavy atom. The Bertz CT molecular complexity index is 1130. The molecule has 4 nitrogen and oxygen atoms in total. The third-order valence-electron chi connectivity index (χ3n) is 6.35. The monoisotopic (exact) mass is 411 g/mol. The lowest BCUT2D eigenvalue weighted by atomic mass is 10.0. The van der Waals surface area contributed by atoms with E-state index in [2.05, 4.69) is 93.6 Å². The van der Waals surface area contributed by atoms with E-state index in [0.29, 0.717) is 0 Å². The number of benzene rings is 3. The number of piperazine rings is 1. The number of hydrogen-bond acceptors (Lipinski definition) is 3. The molecule has 0 saturated carbocycles. The Balaban J connectivity index is 1.34. The van der Waals surface area contributed by atoms with Gasteiger partial charge in [-0.25, -0.2) is 0 Å². The fourth-order valence-corrected chi connectivity index (χ4v) is 4.61. The van der Waals surface area contributed by atoms with Crippen molar-refractivity contribution >= 4 is 16.6 Å². The van der Waals surface area contributed by atoms with Crippen molar-refractivity contribution in [2.45, 2.75) is 6.42 Å². The molecule has 1 saturated heterocycles. The number of methoxy groups -OCH3 is 1. The van der Waals surface area contributed by atoms with Crippen LogP contribution in [-0.2, 0) is 6.42 Å². The highest BCUT2D eigenvalue weighted by atomic mass is 16.5. The van der Waals surface area contributed by atoms with Crippen LogP contribution >= 0.6 is 0 Å². The van der Waals surface area contributed by atoms with Crippen molar-refractivity contribution in [3.05, 3.63) is 84.4 Å². The van der Waals surface area contributed by atoms with Gasteiger partial charge in [-0.2, -0.15) is 0 Å². The standard InChI is InChI=1S/C27H29N3O/c1-31-23-12-13-24-25(27(28-26(24)20-23)21-8-4-2-5-9-21)14-15-29-16-18-30(19-17-29)22-10-6-3-7-11-22/h2-13,20,28H,14-19H2,1H3. The van der Waals surface area contributed by atoms with Gasteiger partial charge in [0.2, 0.25) is 0 Å². The van der Waals surface area contributed by atoms with Crippen LogP contribution in [0.2, 0.25) is 0 Å². The van der Waals surface area contributed by atoms with Crippen LogP contribution in [-0.4, -0.2) is 49.7 Å². The minimum Gasteiger partial charge on any atom is -0.497 e. The van der Waals surface area contributed by atoms with E-state index in [9.17, 15) is 0 Å². The van der Waals surface area contributed by atoms with Crippen molar-refractivity contribution in [2.75, 3.05) is 44.7 Å². The van der Waals surface area contributed by atoms with Crippen molar-refractivity contribution in [2.24, 2.45) is 0 Å².